The third-order valence-corrected chi connectivity index (χ3v) is 4.49. The molecule has 2 aromatic rings. The molecule has 1 saturated carbocycles. The zero-order valence-corrected chi connectivity index (χ0v) is 14.0. The van der Waals surface area contributed by atoms with Gasteiger partial charge in [-0.2, -0.15) is 5.10 Å². The van der Waals surface area contributed by atoms with Crippen molar-refractivity contribution in [3.63, 3.8) is 0 Å². The van der Waals surface area contributed by atoms with E-state index in [0.717, 1.165) is 11.6 Å². The zero-order chi connectivity index (χ0) is 17.4. The molecule has 3 rings (SSSR count). The summed E-state index contributed by atoms with van der Waals surface area (Å²) in [6.45, 7) is 4.41. The SMILES string of the molecule is CC(C)N(Cc1cnn(C)c1)C(=O)[C@@H]1C[C@@H]1c1ccc(F)cc1F. The molecule has 1 aromatic heterocycles. The Balaban J connectivity index is 1.72. The molecule has 1 aliphatic rings. The highest BCUT2D eigenvalue weighted by atomic mass is 19.1. The summed E-state index contributed by atoms with van der Waals surface area (Å²) < 4.78 is 28.7. The third-order valence-electron chi connectivity index (χ3n) is 4.49. The van der Waals surface area contributed by atoms with E-state index < -0.39 is 11.6 Å². The second-order valence-electron chi connectivity index (χ2n) is 6.70. The van der Waals surface area contributed by atoms with Crippen molar-refractivity contribution < 1.29 is 13.6 Å². The van der Waals surface area contributed by atoms with Crippen LogP contribution in [0.2, 0.25) is 0 Å². The molecule has 0 radical (unpaired) electrons. The van der Waals surface area contributed by atoms with E-state index in [9.17, 15) is 13.6 Å². The van der Waals surface area contributed by atoms with Crippen LogP contribution in [0.5, 0.6) is 0 Å². The van der Waals surface area contributed by atoms with E-state index in [0.29, 0.717) is 18.5 Å². The number of amides is 1. The number of hydrogen-bond donors (Lipinski definition) is 0. The quantitative estimate of drug-likeness (QED) is 0.842. The first-order valence-electron chi connectivity index (χ1n) is 8.09. The average Bonchev–Trinajstić information content (AvgIpc) is 3.19. The number of carbonyl (C=O) groups is 1. The van der Waals surface area contributed by atoms with Crippen LogP contribution in [-0.2, 0) is 18.4 Å². The summed E-state index contributed by atoms with van der Waals surface area (Å²) in [5, 5.41) is 4.12. The lowest BCUT2D eigenvalue weighted by atomic mass is 10.1. The van der Waals surface area contributed by atoms with Crippen LogP contribution in [-0.4, -0.2) is 26.6 Å². The molecule has 1 heterocycles. The van der Waals surface area contributed by atoms with Crippen LogP contribution in [0.3, 0.4) is 0 Å². The summed E-state index contributed by atoms with van der Waals surface area (Å²) in [7, 11) is 1.83. The van der Waals surface area contributed by atoms with Gasteiger partial charge in [0.15, 0.2) is 0 Å². The van der Waals surface area contributed by atoms with Gasteiger partial charge in [-0.3, -0.25) is 9.48 Å². The van der Waals surface area contributed by atoms with Crippen LogP contribution >= 0.6 is 0 Å². The van der Waals surface area contributed by atoms with Crippen LogP contribution in [0.25, 0.3) is 0 Å². The largest absolute Gasteiger partial charge is 0.336 e. The van der Waals surface area contributed by atoms with Crippen LogP contribution in [0.15, 0.2) is 30.6 Å². The van der Waals surface area contributed by atoms with Gasteiger partial charge < -0.3 is 4.90 Å². The summed E-state index contributed by atoms with van der Waals surface area (Å²) in [4.78, 5) is 14.6. The first kappa shape index (κ1) is 16.6. The summed E-state index contributed by atoms with van der Waals surface area (Å²) in [5.41, 5.74) is 1.39. The minimum atomic E-state index is -0.597. The summed E-state index contributed by atoms with van der Waals surface area (Å²) in [6.07, 6.45) is 4.23. The van der Waals surface area contributed by atoms with E-state index in [-0.39, 0.29) is 23.8 Å². The molecule has 0 N–H and O–H groups in total. The fraction of sp³-hybridized carbons (Fsp3) is 0.444. The molecule has 0 aliphatic heterocycles. The van der Waals surface area contributed by atoms with Gasteiger partial charge in [-0.15, -0.1) is 0 Å². The fourth-order valence-electron chi connectivity index (χ4n) is 3.09. The van der Waals surface area contributed by atoms with Gasteiger partial charge in [-0.05, 0) is 37.8 Å². The summed E-state index contributed by atoms with van der Waals surface area (Å²) in [5.74, 6) is -1.54. The predicted octanol–water partition coefficient (Wildman–Crippen LogP) is 3.24. The normalized spacial score (nSPS) is 19.6. The van der Waals surface area contributed by atoms with Crippen molar-refractivity contribution in [2.24, 2.45) is 13.0 Å². The van der Waals surface area contributed by atoms with Gasteiger partial charge in [0.2, 0.25) is 5.91 Å². The van der Waals surface area contributed by atoms with E-state index in [4.69, 9.17) is 0 Å². The van der Waals surface area contributed by atoms with Crippen molar-refractivity contribution in [3.05, 3.63) is 53.4 Å². The van der Waals surface area contributed by atoms with E-state index in [2.05, 4.69) is 5.10 Å². The number of benzene rings is 1. The van der Waals surface area contributed by atoms with Gasteiger partial charge in [-0.1, -0.05) is 6.07 Å². The van der Waals surface area contributed by atoms with E-state index in [1.165, 1.54) is 12.1 Å². The monoisotopic (exact) mass is 333 g/mol. The molecule has 4 nitrogen and oxygen atoms in total. The van der Waals surface area contributed by atoms with Crippen molar-refractivity contribution >= 4 is 5.91 Å². The molecule has 1 amide bonds. The van der Waals surface area contributed by atoms with Gasteiger partial charge in [0.05, 0.1) is 6.20 Å². The maximum Gasteiger partial charge on any atom is 0.226 e. The lowest BCUT2D eigenvalue weighted by molar-refractivity contribution is -0.135. The maximum absolute atomic E-state index is 13.9. The smallest absolute Gasteiger partial charge is 0.226 e. The van der Waals surface area contributed by atoms with Crippen molar-refractivity contribution in [2.45, 2.75) is 38.8 Å². The molecule has 0 spiro atoms. The topological polar surface area (TPSA) is 38.1 Å². The molecule has 1 aromatic carbocycles. The second-order valence-corrected chi connectivity index (χ2v) is 6.70. The molecule has 1 aliphatic carbocycles. The Morgan fingerprint density at radius 1 is 1.42 bits per heavy atom. The number of aryl methyl sites for hydroxylation is 1. The van der Waals surface area contributed by atoms with E-state index >= 15 is 0 Å². The summed E-state index contributed by atoms with van der Waals surface area (Å²) in [6, 6.07) is 3.61. The Bertz CT molecular complexity index is 756. The number of nitrogens with zero attached hydrogens (tertiary/aromatic N) is 3. The van der Waals surface area contributed by atoms with Crippen LogP contribution in [0, 0.1) is 17.6 Å². The Labute approximate surface area is 140 Å². The molecular weight excluding hydrogens is 312 g/mol. The Kier molecular flexibility index (Phi) is 4.39. The molecule has 128 valence electrons. The average molecular weight is 333 g/mol. The minimum Gasteiger partial charge on any atom is -0.336 e. The first-order chi connectivity index (χ1) is 11.4. The van der Waals surface area contributed by atoms with Gasteiger partial charge >= 0.3 is 0 Å². The van der Waals surface area contributed by atoms with Crippen LogP contribution in [0.1, 0.15) is 37.3 Å². The standard InChI is InChI=1S/C18H21F2N3O/c1-11(2)23(10-12-8-21-22(3)9-12)18(24)16-7-15(16)14-5-4-13(19)6-17(14)20/h4-6,8-9,11,15-16H,7,10H2,1-3H3/t15-,16-/m1/s1. The van der Waals surface area contributed by atoms with Crippen molar-refractivity contribution in [3.8, 4) is 0 Å². The Hall–Kier alpha value is -2.24. The van der Waals surface area contributed by atoms with Crippen molar-refractivity contribution in [2.75, 3.05) is 0 Å². The summed E-state index contributed by atoms with van der Waals surface area (Å²) >= 11 is 0. The predicted molar refractivity (Wildman–Crippen MR) is 86.1 cm³/mol. The lowest BCUT2D eigenvalue weighted by Crippen LogP contribution is -2.37. The molecule has 24 heavy (non-hydrogen) atoms. The highest BCUT2D eigenvalue weighted by Gasteiger charge is 2.47. The molecule has 0 bridgehead atoms. The van der Waals surface area contributed by atoms with Gasteiger partial charge in [0.25, 0.3) is 0 Å². The van der Waals surface area contributed by atoms with Gasteiger partial charge in [-0.25, -0.2) is 8.78 Å². The van der Waals surface area contributed by atoms with E-state index in [1.54, 1.807) is 15.8 Å². The number of rotatable bonds is 5. The highest BCUT2D eigenvalue weighted by molar-refractivity contribution is 5.83. The molecule has 0 saturated heterocycles. The minimum absolute atomic E-state index is 0.0163. The maximum atomic E-state index is 13.9. The first-order valence-corrected chi connectivity index (χ1v) is 8.09. The third kappa shape index (κ3) is 3.32. The second kappa shape index (κ2) is 6.34. The highest BCUT2D eigenvalue weighted by Crippen LogP contribution is 2.49. The van der Waals surface area contributed by atoms with Crippen molar-refractivity contribution in [1.29, 1.82) is 0 Å². The number of carbonyl (C=O) groups excluding carboxylic acids is 1. The fourth-order valence-corrected chi connectivity index (χ4v) is 3.09. The number of halogens is 2. The number of hydrogen-bond acceptors (Lipinski definition) is 2. The van der Waals surface area contributed by atoms with Gasteiger partial charge in [0.1, 0.15) is 11.6 Å². The van der Waals surface area contributed by atoms with E-state index in [1.807, 2.05) is 27.1 Å². The van der Waals surface area contributed by atoms with Crippen molar-refractivity contribution in [1.82, 2.24) is 14.7 Å². The molecule has 0 unspecified atom stereocenters. The number of aromatic nitrogens is 2. The Morgan fingerprint density at radius 2 is 2.17 bits per heavy atom. The van der Waals surface area contributed by atoms with Gasteiger partial charge in [0, 0.05) is 43.4 Å². The molecule has 2 atom stereocenters. The van der Waals surface area contributed by atoms with Crippen LogP contribution < -0.4 is 0 Å². The zero-order valence-electron chi connectivity index (χ0n) is 14.0. The lowest BCUT2D eigenvalue weighted by Gasteiger charge is -2.26. The molecule has 1 fully saturated rings. The van der Waals surface area contributed by atoms with Crippen LogP contribution in [0.4, 0.5) is 8.78 Å². The molecule has 6 heteroatoms. The Morgan fingerprint density at radius 3 is 2.75 bits per heavy atom. The molecular formula is C18H21F2N3O.